The number of hydrogen-bond donors (Lipinski definition) is 1. The van der Waals surface area contributed by atoms with Gasteiger partial charge >= 0.3 is 12.2 Å². The highest BCUT2D eigenvalue weighted by Gasteiger charge is 2.30. The Morgan fingerprint density at radius 2 is 1.70 bits per heavy atom. The lowest BCUT2D eigenvalue weighted by molar-refractivity contribution is -0.137. The summed E-state index contributed by atoms with van der Waals surface area (Å²) in [6, 6.07) is 16.5. The highest BCUT2D eigenvalue weighted by atomic mass is 19.4. The molecule has 1 atom stereocenters. The zero-order chi connectivity index (χ0) is 26.3. The standard InChI is InChI=1S/C27H28F3N3O4/c28-27(29,30)21-10-12-22(13-11-21)31-26(35)33(18-24-9-5-15-37-24)19-25(34)32(17-23-8-4-14-36-23)16-20-6-2-1-3-7-20/h1-4,6-8,10-14,24H,5,9,15-19H2,(H,31,35). The summed E-state index contributed by atoms with van der Waals surface area (Å²) in [6.45, 7) is 1.05. The second-order valence-corrected chi connectivity index (χ2v) is 8.84. The van der Waals surface area contributed by atoms with E-state index in [1.54, 1.807) is 17.0 Å². The van der Waals surface area contributed by atoms with Gasteiger partial charge in [-0.1, -0.05) is 30.3 Å². The van der Waals surface area contributed by atoms with Crippen LogP contribution in [0.25, 0.3) is 0 Å². The van der Waals surface area contributed by atoms with Crippen LogP contribution in [-0.2, 0) is 28.8 Å². The molecule has 1 fully saturated rings. The Kier molecular flexibility index (Phi) is 8.50. The van der Waals surface area contributed by atoms with Gasteiger partial charge in [-0.25, -0.2) is 4.79 Å². The van der Waals surface area contributed by atoms with Crippen molar-refractivity contribution >= 4 is 17.6 Å². The third-order valence-corrected chi connectivity index (χ3v) is 6.02. The van der Waals surface area contributed by atoms with Crippen molar-refractivity contribution in [3.05, 3.63) is 89.9 Å². The third kappa shape index (κ3) is 7.60. The number of furan rings is 1. The average molecular weight is 516 g/mol. The molecule has 4 rings (SSSR count). The van der Waals surface area contributed by atoms with E-state index in [1.165, 1.54) is 23.3 Å². The number of carbonyl (C=O) groups excluding carboxylic acids is 2. The number of nitrogens with zero attached hydrogens (tertiary/aromatic N) is 2. The number of rotatable bonds is 9. The number of halogens is 3. The SMILES string of the molecule is O=C(CN(CC1CCCO1)C(=O)Nc1ccc(C(F)(F)F)cc1)N(Cc1ccccc1)Cc1ccco1. The molecule has 0 bridgehead atoms. The van der Waals surface area contributed by atoms with E-state index >= 15 is 0 Å². The normalized spacial score (nSPS) is 15.4. The van der Waals surface area contributed by atoms with Gasteiger partial charge in [-0.15, -0.1) is 0 Å². The maximum atomic E-state index is 13.5. The molecule has 10 heteroatoms. The average Bonchev–Trinajstić information content (AvgIpc) is 3.58. The number of urea groups is 1. The smallest absolute Gasteiger partial charge is 0.416 e. The molecule has 0 aliphatic carbocycles. The first kappa shape index (κ1) is 26.3. The van der Waals surface area contributed by atoms with Crippen LogP contribution >= 0.6 is 0 Å². The van der Waals surface area contributed by atoms with Gasteiger partial charge in [0, 0.05) is 25.4 Å². The van der Waals surface area contributed by atoms with Crippen molar-refractivity contribution in [1.82, 2.24) is 9.80 Å². The van der Waals surface area contributed by atoms with Crippen LogP contribution < -0.4 is 5.32 Å². The second kappa shape index (κ2) is 12.0. The molecule has 3 amide bonds. The summed E-state index contributed by atoms with van der Waals surface area (Å²) in [4.78, 5) is 29.6. The van der Waals surface area contributed by atoms with Crippen LogP contribution in [-0.4, -0.2) is 47.5 Å². The molecule has 7 nitrogen and oxygen atoms in total. The van der Waals surface area contributed by atoms with Gasteiger partial charge in [0.1, 0.15) is 12.3 Å². The monoisotopic (exact) mass is 515 g/mol. The number of anilines is 1. The largest absolute Gasteiger partial charge is 0.467 e. The summed E-state index contributed by atoms with van der Waals surface area (Å²) in [7, 11) is 0. The predicted octanol–water partition coefficient (Wildman–Crippen LogP) is 5.54. The fraction of sp³-hybridized carbons (Fsp3) is 0.333. The van der Waals surface area contributed by atoms with E-state index in [0.29, 0.717) is 18.9 Å². The fourth-order valence-electron chi connectivity index (χ4n) is 4.09. The van der Waals surface area contributed by atoms with Gasteiger partial charge in [0.25, 0.3) is 0 Å². The minimum absolute atomic E-state index is 0.179. The van der Waals surface area contributed by atoms with Crippen LogP contribution in [0.15, 0.2) is 77.4 Å². The molecular formula is C27H28F3N3O4. The van der Waals surface area contributed by atoms with Gasteiger partial charge in [-0.2, -0.15) is 13.2 Å². The Balaban J connectivity index is 1.49. The van der Waals surface area contributed by atoms with Crippen LogP contribution in [0.3, 0.4) is 0 Å². The molecule has 1 N–H and O–H groups in total. The summed E-state index contributed by atoms with van der Waals surface area (Å²) in [5, 5.41) is 2.61. The first-order chi connectivity index (χ1) is 17.8. The maximum absolute atomic E-state index is 13.5. The first-order valence-electron chi connectivity index (χ1n) is 12.0. The van der Waals surface area contributed by atoms with Crippen molar-refractivity contribution in [3.8, 4) is 0 Å². The number of ether oxygens (including phenoxy) is 1. The molecule has 1 aromatic heterocycles. The van der Waals surface area contributed by atoms with Gasteiger partial charge in [0.15, 0.2) is 0 Å². The molecule has 1 aliphatic rings. The Morgan fingerprint density at radius 3 is 2.32 bits per heavy atom. The van der Waals surface area contributed by atoms with E-state index < -0.39 is 17.8 Å². The van der Waals surface area contributed by atoms with E-state index in [1.807, 2.05) is 30.3 Å². The van der Waals surface area contributed by atoms with E-state index in [9.17, 15) is 22.8 Å². The lowest BCUT2D eigenvalue weighted by Gasteiger charge is -2.29. The Labute approximate surface area is 212 Å². The summed E-state index contributed by atoms with van der Waals surface area (Å²) in [6.07, 6.45) is -1.57. The molecule has 1 aliphatic heterocycles. The van der Waals surface area contributed by atoms with Gasteiger partial charge in [-0.05, 0) is 54.8 Å². The molecule has 1 saturated heterocycles. The van der Waals surface area contributed by atoms with Crippen LogP contribution in [0.4, 0.5) is 23.7 Å². The quantitative estimate of drug-likeness (QED) is 0.406. The number of carbonyl (C=O) groups is 2. The van der Waals surface area contributed by atoms with Gasteiger partial charge in [0.2, 0.25) is 5.91 Å². The predicted molar refractivity (Wildman–Crippen MR) is 130 cm³/mol. The van der Waals surface area contributed by atoms with Crippen molar-refractivity contribution in [2.75, 3.05) is 25.0 Å². The van der Waals surface area contributed by atoms with E-state index in [0.717, 1.165) is 30.5 Å². The second-order valence-electron chi connectivity index (χ2n) is 8.84. The molecule has 2 heterocycles. The number of benzene rings is 2. The molecule has 2 aromatic carbocycles. The zero-order valence-electron chi connectivity index (χ0n) is 20.1. The summed E-state index contributed by atoms with van der Waals surface area (Å²) in [5.74, 6) is 0.296. The van der Waals surface area contributed by atoms with Crippen molar-refractivity contribution in [1.29, 1.82) is 0 Å². The van der Waals surface area contributed by atoms with Crippen LogP contribution in [0.1, 0.15) is 29.7 Å². The molecule has 0 spiro atoms. The minimum Gasteiger partial charge on any atom is -0.467 e. The van der Waals surface area contributed by atoms with Crippen LogP contribution in [0.5, 0.6) is 0 Å². The fourth-order valence-corrected chi connectivity index (χ4v) is 4.09. The van der Waals surface area contributed by atoms with E-state index in [2.05, 4.69) is 5.32 Å². The summed E-state index contributed by atoms with van der Waals surface area (Å²) < 4.78 is 49.8. The number of alkyl halides is 3. The number of hydrogen-bond acceptors (Lipinski definition) is 4. The maximum Gasteiger partial charge on any atom is 0.416 e. The minimum atomic E-state index is -4.48. The lowest BCUT2D eigenvalue weighted by Crippen LogP contribution is -2.46. The van der Waals surface area contributed by atoms with E-state index in [4.69, 9.17) is 9.15 Å². The lowest BCUT2D eigenvalue weighted by atomic mass is 10.2. The van der Waals surface area contributed by atoms with Gasteiger partial charge in [0.05, 0.1) is 24.5 Å². The Hall–Kier alpha value is -3.79. The van der Waals surface area contributed by atoms with Crippen molar-refractivity contribution in [2.45, 2.75) is 38.2 Å². The molecule has 3 aromatic rings. The topological polar surface area (TPSA) is 75.0 Å². The first-order valence-corrected chi connectivity index (χ1v) is 12.0. The Morgan fingerprint density at radius 1 is 0.946 bits per heavy atom. The van der Waals surface area contributed by atoms with Crippen LogP contribution in [0, 0.1) is 0 Å². The summed E-state index contributed by atoms with van der Waals surface area (Å²) in [5.41, 5.74) is 0.299. The van der Waals surface area contributed by atoms with E-state index in [-0.39, 0.29) is 37.3 Å². The summed E-state index contributed by atoms with van der Waals surface area (Å²) >= 11 is 0. The molecule has 37 heavy (non-hydrogen) atoms. The zero-order valence-corrected chi connectivity index (χ0v) is 20.1. The highest BCUT2D eigenvalue weighted by molar-refractivity contribution is 5.92. The van der Waals surface area contributed by atoms with Crippen molar-refractivity contribution < 1.29 is 31.9 Å². The molecular weight excluding hydrogens is 487 g/mol. The molecule has 196 valence electrons. The number of amides is 3. The van der Waals surface area contributed by atoms with Crippen molar-refractivity contribution in [3.63, 3.8) is 0 Å². The molecule has 1 unspecified atom stereocenters. The Bertz CT molecular complexity index is 1150. The van der Waals surface area contributed by atoms with Crippen molar-refractivity contribution in [2.24, 2.45) is 0 Å². The van der Waals surface area contributed by atoms with Gasteiger partial charge < -0.3 is 24.3 Å². The molecule has 0 radical (unpaired) electrons. The van der Waals surface area contributed by atoms with Gasteiger partial charge in [-0.3, -0.25) is 4.79 Å². The third-order valence-electron chi connectivity index (χ3n) is 6.02. The van der Waals surface area contributed by atoms with Crippen LogP contribution in [0.2, 0.25) is 0 Å². The molecule has 0 saturated carbocycles. The highest BCUT2D eigenvalue weighted by Crippen LogP contribution is 2.30. The number of nitrogens with one attached hydrogen (secondary N) is 1.